The molecule has 3 unspecified atom stereocenters. The Morgan fingerprint density at radius 2 is 1.83 bits per heavy atom. The average Bonchev–Trinajstić information content (AvgIpc) is 2.72. The number of carbonyl (C=O) groups is 1. The van der Waals surface area contributed by atoms with Crippen LogP contribution in [0.5, 0.6) is 5.75 Å². The smallest absolute Gasteiger partial charge is 0.303 e. The number of benzene rings is 2. The molecule has 1 aliphatic rings. The van der Waals surface area contributed by atoms with Gasteiger partial charge in [-0.05, 0) is 31.0 Å². The number of phenolic OH excluding ortho intramolecular Hbond substituents is 1. The Morgan fingerprint density at radius 1 is 1.13 bits per heavy atom. The average molecular weight is 422 g/mol. The number of carboxylic acid groups (broad SMARTS) is 1. The summed E-state index contributed by atoms with van der Waals surface area (Å²) in [4.78, 5) is 10.6. The summed E-state index contributed by atoms with van der Waals surface area (Å²) in [6.07, 6.45) is 2.61. The van der Waals surface area contributed by atoms with Gasteiger partial charge in [-0.2, -0.15) is 0 Å². The normalized spacial score (nSPS) is 21.8. The number of aromatic hydroxyl groups is 1. The molecule has 0 bridgehead atoms. The maximum absolute atomic E-state index is 13.6. The van der Waals surface area contributed by atoms with Gasteiger partial charge in [0.25, 0.3) is 0 Å². The Hall–Kier alpha value is -2.84. The number of hydrogen-bond donors (Lipinski definition) is 2. The van der Waals surface area contributed by atoms with E-state index < -0.39 is 35.8 Å². The molecule has 0 radical (unpaired) electrons. The molecular formula is C22H21F3O5. The molecule has 1 aliphatic heterocycles. The van der Waals surface area contributed by atoms with Crippen molar-refractivity contribution in [2.75, 3.05) is 6.61 Å². The van der Waals surface area contributed by atoms with Gasteiger partial charge in [0.05, 0.1) is 12.7 Å². The van der Waals surface area contributed by atoms with E-state index in [4.69, 9.17) is 14.6 Å². The van der Waals surface area contributed by atoms with E-state index in [0.29, 0.717) is 18.4 Å². The number of phenols is 1. The van der Waals surface area contributed by atoms with Crippen LogP contribution in [0.2, 0.25) is 0 Å². The number of allylic oxidation sites excluding steroid dienone is 2. The quantitative estimate of drug-likeness (QED) is 0.484. The van der Waals surface area contributed by atoms with Gasteiger partial charge in [0.1, 0.15) is 5.75 Å². The molecule has 3 rings (SSSR count). The van der Waals surface area contributed by atoms with Gasteiger partial charge in [-0.1, -0.05) is 30.4 Å². The summed E-state index contributed by atoms with van der Waals surface area (Å²) in [5, 5.41) is 19.0. The lowest BCUT2D eigenvalue weighted by Gasteiger charge is -2.37. The third-order valence-electron chi connectivity index (χ3n) is 4.81. The summed E-state index contributed by atoms with van der Waals surface area (Å²) in [7, 11) is 0. The fraction of sp³-hybridized carbons (Fsp3) is 0.318. The van der Waals surface area contributed by atoms with Crippen LogP contribution in [0.25, 0.3) is 0 Å². The van der Waals surface area contributed by atoms with Crippen molar-refractivity contribution in [2.45, 2.75) is 31.7 Å². The van der Waals surface area contributed by atoms with Gasteiger partial charge < -0.3 is 19.7 Å². The summed E-state index contributed by atoms with van der Waals surface area (Å²) in [6, 6.07) is 8.19. The highest BCUT2D eigenvalue weighted by molar-refractivity contribution is 5.66. The molecule has 2 N–H and O–H groups in total. The van der Waals surface area contributed by atoms with Crippen molar-refractivity contribution >= 4 is 5.97 Å². The van der Waals surface area contributed by atoms with E-state index in [2.05, 4.69) is 0 Å². The third-order valence-corrected chi connectivity index (χ3v) is 4.81. The topological polar surface area (TPSA) is 76.0 Å². The lowest BCUT2D eigenvalue weighted by atomic mass is 9.91. The van der Waals surface area contributed by atoms with Gasteiger partial charge in [-0.25, -0.2) is 13.2 Å². The second-order valence-electron chi connectivity index (χ2n) is 6.98. The zero-order chi connectivity index (χ0) is 21.7. The molecule has 160 valence electrons. The second-order valence-corrected chi connectivity index (χ2v) is 6.98. The zero-order valence-electron chi connectivity index (χ0n) is 15.9. The predicted molar refractivity (Wildman–Crippen MR) is 101 cm³/mol. The highest BCUT2D eigenvalue weighted by Crippen LogP contribution is 2.42. The van der Waals surface area contributed by atoms with Crippen LogP contribution in [0.4, 0.5) is 13.2 Å². The number of rotatable bonds is 7. The Balaban J connectivity index is 1.81. The zero-order valence-corrected chi connectivity index (χ0v) is 15.9. The van der Waals surface area contributed by atoms with Crippen molar-refractivity contribution in [2.24, 2.45) is 5.92 Å². The number of carboxylic acids is 1. The molecule has 0 aromatic heterocycles. The van der Waals surface area contributed by atoms with Gasteiger partial charge in [-0.3, -0.25) is 4.79 Å². The SMILES string of the molecule is O=C(O)CC/C=C\CC1COC(c2cc(F)c(F)c(F)c2)OC1c1ccccc1O. The molecule has 8 heteroatoms. The van der Waals surface area contributed by atoms with Crippen LogP contribution in [-0.2, 0) is 14.3 Å². The monoisotopic (exact) mass is 422 g/mol. The fourth-order valence-electron chi connectivity index (χ4n) is 3.31. The molecule has 0 spiro atoms. The van der Waals surface area contributed by atoms with Crippen molar-refractivity contribution in [3.8, 4) is 5.75 Å². The summed E-state index contributed by atoms with van der Waals surface area (Å²) in [5.74, 6) is -5.40. The van der Waals surface area contributed by atoms with Gasteiger partial charge in [0.15, 0.2) is 23.7 Å². The number of ether oxygens (including phenoxy) is 2. The molecule has 0 aliphatic carbocycles. The molecule has 30 heavy (non-hydrogen) atoms. The summed E-state index contributed by atoms with van der Waals surface area (Å²) in [6.45, 7) is 0.146. The maximum atomic E-state index is 13.6. The van der Waals surface area contributed by atoms with Crippen LogP contribution in [0.3, 0.4) is 0 Å². The molecule has 1 saturated heterocycles. The first-order chi connectivity index (χ1) is 14.4. The number of para-hydroxylation sites is 1. The lowest BCUT2D eigenvalue weighted by Crippen LogP contribution is -2.30. The van der Waals surface area contributed by atoms with Gasteiger partial charge in [0.2, 0.25) is 0 Å². The van der Waals surface area contributed by atoms with E-state index in [1.165, 1.54) is 6.07 Å². The van der Waals surface area contributed by atoms with Crippen LogP contribution >= 0.6 is 0 Å². The molecule has 3 atom stereocenters. The van der Waals surface area contributed by atoms with Gasteiger partial charge in [0, 0.05) is 23.5 Å². The largest absolute Gasteiger partial charge is 0.508 e. The number of hydrogen-bond acceptors (Lipinski definition) is 4. The first-order valence-electron chi connectivity index (χ1n) is 9.43. The van der Waals surface area contributed by atoms with Crippen LogP contribution < -0.4 is 0 Å². The highest BCUT2D eigenvalue weighted by atomic mass is 19.2. The molecule has 0 saturated carbocycles. The third kappa shape index (κ3) is 5.20. The predicted octanol–water partition coefficient (Wildman–Crippen LogP) is 5.02. The van der Waals surface area contributed by atoms with Crippen molar-refractivity contribution in [3.05, 3.63) is 77.1 Å². The minimum Gasteiger partial charge on any atom is -0.508 e. The molecular weight excluding hydrogens is 401 g/mol. The van der Waals surface area contributed by atoms with E-state index in [1.54, 1.807) is 24.3 Å². The van der Waals surface area contributed by atoms with Crippen molar-refractivity contribution in [1.29, 1.82) is 0 Å². The fourth-order valence-corrected chi connectivity index (χ4v) is 3.31. The van der Waals surface area contributed by atoms with Crippen molar-refractivity contribution < 1.29 is 37.7 Å². The van der Waals surface area contributed by atoms with Crippen molar-refractivity contribution in [1.82, 2.24) is 0 Å². The second kappa shape index (κ2) is 9.77. The molecule has 0 amide bonds. The van der Waals surface area contributed by atoms with Crippen LogP contribution in [0, 0.1) is 23.4 Å². The standard InChI is InChI=1S/C22H21F3O5/c23-16-10-14(11-17(24)20(16)25)22-29-12-13(6-2-1-3-9-19(27)28)21(30-22)15-7-4-5-8-18(15)26/h1-2,4-5,7-8,10-11,13,21-22,26H,3,6,9,12H2,(H,27,28)/b2-1-. The summed E-state index contributed by atoms with van der Waals surface area (Å²) >= 11 is 0. The van der Waals surface area contributed by atoms with Gasteiger partial charge >= 0.3 is 5.97 Å². The van der Waals surface area contributed by atoms with E-state index in [9.17, 15) is 23.1 Å². The van der Waals surface area contributed by atoms with Gasteiger partial charge in [-0.15, -0.1) is 0 Å². The Morgan fingerprint density at radius 3 is 2.50 bits per heavy atom. The minimum absolute atomic E-state index is 0.000487. The number of aliphatic carboxylic acids is 1. The Bertz CT molecular complexity index is 908. The molecule has 1 heterocycles. The summed E-state index contributed by atoms with van der Waals surface area (Å²) in [5.41, 5.74) is 0.472. The summed E-state index contributed by atoms with van der Waals surface area (Å²) < 4.78 is 52.1. The van der Waals surface area contributed by atoms with E-state index in [0.717, 1.165) is 12.1 Å². The first kappa shape index (κ1) is 21.9. The Kier molecular flexibility index (Phi) is 7.12. The van der Waals surface area contributed by atoms with E-state index >= 15 is 0 Å². The highest BCUT2D eigenvalue weighted by Gasteiger charge is 2.35. The minimum atomic E-state index is -1.57. The maximum Gasteiger partial charge on any atom is 0.303 e. The first-order valence-corrected chi connectivity index (χ1v) is 9.43. The van der Waals surface area contributed by atoms with Crippen LogP contribution in [-0.4, -0.2) is 22.8 Å². The molecule has 1 fully saturated rings. The van der Waals surface area contributed by atoms with Crippen LogP contribution in [0.15, 0.2) is 48.6 Å². The molecule has 5 nitrogen and oxygen atoms in total. The number of halogens is 3. The lowest BCUT2D eigenvalue weighted by molar-refractivity contribution is -0.244. The van der Waals surface area contributed by atoms with E-state index in [-0.39, 0.29) is 30.3 Å². The van der Waals surface area contributed by atoms with Crippen molar-refractivity contribution in [3.63, 3.8) is 0 Å². The van der Waals surface area contributed by atoms with Crippen LogP contribution in [0.1, 0.15) is 42.8 Å². The van der Waals surface area contributed by atoms with E-state index in [1.807, 2.05) is 6.08 Å². The molecule has 2 aromatic carbocycles. The Labute approximate surface area is 171 Å². The molecule has 2 aromatic rings.